The first-order chi connectivity index (χ1) is 13.3. The third-order valence-electron chi connectivity index (χ3n) is 4.67. The summed E-state index contributed by atoms with van der Waals surface area (Å²) in [6, 6.07) is 11.9. The van der Waals surface area contributed by atoms with Crippen LogP contribution in [-0.2, 0) is 11.3 Å². The van der Waals surface area contributed by atoms with Crippen molar-refractivity contribution in [3.05, 3.63) is 60.0 Å². The number of hydrogen-bond acceptors (Lipinski definition) is 5. The largest absolute Gasteiger partial charge is 0.376 e. The molecule has 0 radical (unpaired) electrons. The molecule has 2 aromatic heterocycles. The van der Waals surface area contributed by atoms with Crippen molar-refractivity contribution in [2.45, 2.75) is 19.1 Å². The molecule has 7 heteroatoms. The molecule has 1 amide bonds. The Bertz CT molecular complexity index is 903. The van der Waals surface area contributed by atoms with Gasteiger partial charge in [-0.25, -0.2) is 9.97 Å². The number of morpholine rings is 1. The second-order valence-corrected chi connectivity index (χ2v) is 6.67. The van der Waals surface area contributed by atoms with E-state index in [0.29, 0.717) is 18.7 Å². The molecule has 7 nitrogen and oxygen atoms in total. The minimum atomic E-state index is -0.134. The third-order valence-corrected chi connectivity index (χ3v) is 4.67. The smallest absolute Gasteiger partial charge is 0.252 e. The molecule has 0 spiro atoms. The van der Waals surface area contributed by atoms with Crippen LogP contribution in [0.15, 0.2) is 48.9 Å². The average molecular weight is 365 g/mol. The number of ether oxygens (including phenoxy) is 1. The van der Waals surface area contributed by atoms with Crippen LogP contribution in [0.25, 0.3) is 11.2 Å². The molecule has 1 saturated heterocycles. The van der Waals surface area contributed by atoms with E-state index in [1.807, 2.05) is 22.8 Å². The Morgan fingerprint density at radius 1 is 1.30 bits per heavy atom. The first kappa shape index (κ1) is 17.6. The Morgan fingerprint density at radius 2 is 2.19 bits per heavy atom. The maximum Gasteiger partial charge on any atom is 0.252 e. The number of carbonyl (C=O) groups is 1. The summed E-state index contributed by atoms with van der Waals surface area (Å²) >= 11 is 0. The number of benzene rings is 1. The molecule has 0 aliphatic carbocycles. The van der Waals surface area contributed by atoms with E-state index >= 15 is 0 Å². The van der Waals surface area contributed by atoms with E-state index in [1.165, 1.54) is 5.56 Å². The molecule has 1 unspecified atom stereocenters. The Morgan fingerprint density at radius 3 is 3.00 bits per heavy atom. The fraction of sp³-hybridized carbons (Fsp3) is 0.350. The highest BCUT2D eigenvalue weighted by Gasteiger charge is 2.14. The van der Waals surface area contributed by atoms with Crippen LogP contribution in [0.3, 0.4) is 0 Å². The van der Waals surface area contributed by atoms with E-state index in [-0.39, 0.29) is 12.0 Å². The molecule has 140 valence electrons. The number of rotatable bonds is 6. The SMILES string of the molecule is O=C(NCCC1CNCCO1)c1cnc2c(c1)ncn2Cc1ccccc1. The summed E-state index contributed by atoms with van der Waals surface area (Å²) in [5.74, 6) is -0.134. The highest BCUT2D eigenvalue weighted by molar-refractivity contribution is 5.96. The fourth-order valence-electron chi connectivity index (χ4n) is 3.22. The van der Waals surface area contributed by atoms with Gasteiger partial charge in [0.05, 0.1) is 31.1 Å². The van der Waals surface area contributed by atoms with Gasteiger partial charge in [0.2, 0.25) is 0 Å². The minimum absolute atomic E-state index is 0.134. The van der Waals surface area contributed by atoms with E-state index in [9.17, 15) is 4.79 Å². The van der Waals surface area contributed by atoms with Crippen LogP contribution < -0.4 is 10.6 Å². The molecule has 1 aliphatic rings. The van der Waals surface area contributed by atoms with Crippen LogP contribution in [0.2, 0.25) is 0 Å². The van der Waals surface area contributed by atoms with Crippen LogP contribution in [-0.4, -0.2) is 52.8 Å². The number of nitrogens with one attached hydrogen (secondary N) is 2. The van der Waals surface area contributed by atoms with Crippen LogP contribution in [0.1, 0.15) is 22.3 Å². The molecule has 2 N–H and O–H groups in total. The van der Waals surface area contributed by atoms with Crippen molar-refractivity contribution < 1.29 is 9.53 Å². The molecule has 1 aromatic carbocycles. The second kappa shape index (κ2) is 8.28. The summed E-state index contributed by atoms with van der Waals surface area (Å²) in [7, 11) is 0. The zero-order valence-electron chi connectivity index (χ0n) is 15.1. The Hall–Kier alpha value is -2.77. The Labute approximate surface area is 157 Å². The van der Waals surface area contributed by atoms with Gasteiger partial charge in [-0.2, -0.15) is 0 Å². The number of pyridine rings is 1. The standard InChI is InChI=1S/C20H23N5O2/c26-20(22-7-6-17-12-21-8-9-27-17)16-10-18-19(23-11-16)25(14-24-18)13-15-4-2-1-3-5-15/h1-5,10-11,14,17,21H,6-9,12-13H2,(H,22,26). The number of aromatic nitrogens is 3. The van der Waals surface area contributed by atoms with Crippen LogP contribution in [0, 0.1) is 0 Å². The number of fused-ring (bicyclic) bond motifs is 1. The Kier molecular flexibility index (Phi) is 5.41. The van der Waals surface area contributed by atoms with E-state index in [0.717, 1.165) is 37.3 Å². The van der Waals surface area contributed by atoms with Gasteiger partial charge in [-0.05, 0) is 18.1 Å². The highest BCUT2D eigenvalue weighted by Crippen LogP contribution is 2.14. The van der Waals surface area contributed by atoms with Crippen LogP contribution in [0.5, 0.6) is 0 Å². The summed E-state index contributed by atoms with van der Waals surface area (Å²) in [4.78, 5) is 21.3. The van der Waals surface area contributed by atoms with Gasteiger partial charge < -0.3 is 19.9 Å². The molecule has 27 heavy (non-hydrogen) atoms. The third kappa shape index (κ3) is 4.32. The van der Waals surface area contributed by atoms with Gasteiger partial charge in [0, 0.05) is 25.8 Å². The van der Waals surface area contributed by atoms with Crippen molar-refractivity contribution in [3.63, 3.8) is 0 Å². The summed E-state index contributed by atoms with van der Waals surface area (Å²) in [5, 5.41) is 6.22. The van der Waals surface area contributed by atoms with Crippen LogP contribution in [0.4, 0.5) is 0 Å². The Balaban J connectivity index is 1.38. The molecule has 4 rings (SSSR count). The van der Waals surface area contributed by atoms with Gasteiger partial charge in [-0.15, -0.1) is 0 Å². The number of carbonyl (C=O) groups excluding carboxylic acids is 1. The van der Waals surface area contributed by atoms with Gasteiger partial charge in [-0.3, -0.25) is 4.79 Å². The molecule has 3 heterocycles. The monoisotopic (exact) mass is 365 g/mol. The van der Waals surface area contributed by atoms with Crippen molar-refractivity contribution in [1.29, 1.82) is 0 Å². The zero-order valence-corrected chi connectivity index (χ0v) is 15.1. The van der Waals surface area contributed by atoms with Gasteiger partial charge in [-0.1, -0.05) is 30.3 Å². The first-order valence-corrected chi connectivity index (χ1v) is 9.25. The van der Waals surface area contributed by atoms with Gasteiger partial charge in [0.15, 0.2) is 5.65 Å². The molecule has 0 saturated carbocycles. The van der Waals surface area contributed by atoms with Crippen molar-refractivity contribution in [1.82, 2.24) is 25.2 Å². The van der Waals surface area contributed by atoms with E-state index < -0.39 is 0 Å². The molecule has 1 fully saturated rings. The topological polar surface area (TPSA) is 81.1 Å². The second-order valence-electron chi connectivity index (χ2n) is 6.67. The van der Waals surface area contributed by atoms with E-state index in [1.54, 1.807) is 18.6 Å². The lowest BCUT2D eigenvalue weighted by atomic mass is 10.2. The predicted octanol–water partition coefficient (Wildman–Crippen LogP) is 1.59. The van der Waals surface area contributed by atoms with E-state index in [2.05, 4.69) is 32.7 Å². The fourth-order valence-corrected chi connectivity index (χ4v) is 3.22. The van der Waals surface area contributed by atoms with E-state index in [4.69, 9.17) is 4.74 Å². The van der Waals surface area contributed by atoms with Gasteiger partial charge in [0.25, 0.3) is 5.91 Å². The van der Waals surface area contributed by atoms with Crippen molar-refractivity contribution in [2.24, 2.45) is 0 Å². The summed E-state index contributed by atoms with van der Waals surface area (Å²) in [6.07, 6.45) is 4.33. The summed E-state index contributed by atoms with van der Waals surface area (Å²) < 4.78 is 7.62. The molecular weight excluding hydrogens is 342 g/mol. The zero-order chi connectivity index (χ0) is 18.5. The number of amides is 1. The maximum absolute atomic E-state index is 12.4. The number of imidazole rings is 1. The first-order valence-electron chi connectivity index (χ1n) is 9.25. The quantitative estimate of drug-likeness (QED) is 0.693. The summed E-state index contributed by atoms with van der Waals surface area (Å²) in [6.45, 7) is 3.73. The number of hydrogen-bond donors (Lipinski definition) is 2. The minimum Gasteiger partial charge on any atom is -0.376 e. The van der Waals surface area contributed by atoms with Gasteiger partial charge >= 0.3 is 0 Å². The normalized spacial score (nSPS) is 17.1. The molecule has 1 atom stereocenters. The highest BCUT2D eigenvalue weighted by atomic mass is 16.5. The molecule has 0 bridgehead atoms. The van der Waals surface area contributed by atoms with Crippen molar-refractivity contribution in [3.8, 4) is 0 Å². The average Bonchev–Trinajstić information content (AvgIpc) is 3.11. The van der Waals surface area contributed by atoms with Crippen molar-refractivity contribution >= 4 is 17.1 Å². The lowest BCUT2D eigenvalue weighted by Gasteiger charge is -2.23. The molecular formula is C20H23N5O2. The lowest BCUT2D eigenvalue weighted by molar-refractivity contribution is 0.0239. The van der Waals surface area contributed by atoms with Crippen molar-refractivity contribution in [2.75, 3.05) is 26.2 Å². The van der Waals surface area contributed by atoms with Gasteiger partial charge in [0.1, 0.15) is 5.52 Å². The predicted molar refractivity (Wildman–Crippen MR) is 103 cm³/mol. The molecule has 3 aromatic rings. The summed E-state index contributed by atoms with van der Waals surface area (Å²) in [5.41, 5.74) is 3.20. The number of nitrogens with zero attached hydrogens (tertiary/aromatic N) is 3. The lowest BCUT2D eigenvalue weighted by Crippen LogP contribution is -2.40. The maximum atomic E-state index is 12.4. The van der Waals surface area contributed by atoms with Crippen LogP contribution >= 0.6 is 0 Å². The molecule has 1 aliphatic heterocycles.